The number of piperidine rings is 1. The molecule has 0 amide bonds. The molecule has 0 bridgehead atoms. The van der Waals surface area contributed by atoms with Gasteiger partial charge in [0, 0.05) is 12.6 Å². The van der Waals surface area contributed by atoms with E-state index in [0.29, 0.717) is 0 Å². The smallest absolute Gasteiger partial charge is 0.0681 e. The monoisotopic (exact) mass is 259 g/mol. The number of hydrogen-bond acceptors (Lipinski definition) is 2. The van der Waals surface area contributed by atoms with Gasteiger partial charge in [-0.3, -0.25) is 4.90 Å². The van der Waals surface area contributed by atoms with E-state index in [1.807, 2.05) is 0 Å². The molecule has 19 heavy (non-hydrogen) atoms. The highest BCUT2D eigenvalue weighted by atomic mass is 16.3. The molecule has 1 saturated heterocycles. The predicted octanol–water partition coefficient (Wildman–Crippen LogP) is 3.33. The number of aliphatic hydroxyl groups is 1. The van der Waals surface area contributed by atoms with Gasteiger partial charge in [-0.25, -0.2) is 0 Å². The Bertz CT molecular complexity index is 398. The lowest BCUT2D eigenvalue weighted by atomic mass is 9.78. The van der Waals surface area contributed by atoms with Gasteiger partial charge in [0.25, 0.3) is 0 Å². The van der Waals surface area contributed by atoms with Crippen LogP contribution < -0.4 is 0 Å². The van der Waals surface area contributed by atoms with Gasteiger partial charge in [-0.05, 0) is 49.3 Å². The molecule has 2 unspecified atom stereocenters. The van der Waals surface area contributed by atoms with Crippen molar-refractivity contribution < 1.29 is 5.11 Å². The van der Waals surface area contributed by atoms with Crippen LogP contribution >= 0.6 is 0 Å². The minimum Gasteiger partial charge on any atom is -0.392 e. The summed E-state index contributed by atoms with van der Waals surface area (Å²) in [5.41, 5.74) is 2.40. The number of fused-ring (bicyclic) bond motifs is 1. The van der Waals surface area contributed by atoms with Crippen LogP contribution in [-0.4, -0.2) is 22.6 Å². The first kappa shape index (κ1) is 13.1. The third-order valence-electron chi connectivity index (χ3n) is 4.95. The third-order valence-corrected chi connectivity index (χ3v) is 4.95. The molecule has 1 aromatic carbocycles. The van der Waals surface area contributed by atoms with E-state index >= 15 is 0 Å². The Balaban J connectivity index is 1.66. The van der Waals surface area contributed by atoms with Gasteiger partial charge < -0.3 is 5.11 Å². The van der Waals surface area contributed by atoms with Crippen molar-refractivity contribution in [3.63, 3.8) is 0 Å². The summed E-state index contributed by atoms with van der Waals surface area (Å²) in [5, 5.41) is 9.09. The zero-order valence-corrected chi connectivity index (χ0v) is 11.7. The maximum Gasteiger partial charge on any atom is 0.0681 e. The summed E-state index contributed by atoms with van der Waals surface area (Å²) in [4.78, 5) is 2.71. The molecule has 3 rings (SSSR count). The average Bonchev–Trinajstić information content (AvgIpc) is 2.48. The van der Waals surface area contributed by atoms with Crippen LogP contribution in [0.3, 0.4) is 0 Å². The van der Waals surface area contributed by atoms with Gasteiger partial charge in [-0.1, -0.05) is 37.1 Å². The molecular formula is C17H25NO. The fourth-order valence-electron chi connectivity index (χ4n) is 3.91. The molecule has 1 aliphatic heterocycles. The molecule has 2 aliphatic rings. The third kappa shape index (κ3) is 3.01. The largest absolute Gasteiger partial charge is 0.392 e. The highest BCUT2D eigenvalue weighted by molar-refractivity contribution is 5.22. The normalized spacial score (nSPS) is 28.1. The molecule has 2 atom stereocenters. The number of rotatable bonds is 3. The first-order chi connectivity index (χ1) is 9.36. The van der Waals surface area contributed by atoms with E-state index in [4.69, 9.17) is 5.11 Å². The fourth-order valence-corrected chi connectivity index (χ4v) is 3.91. The molecule has 1 aromatic rings. The molecule has 2 fully saturated rings. The number of hydrogen-bond donors (Lipinski definition) is 1. The van der Waals surface area contributed by atoms with Crippen LogP contribution in [0.5, 0.6) is 0 Å². The summed E-state index contributed by atoms with van der Waals surface area (Å²) in [7, 11) is 0. The lowest BCUT2D eigenvalue weighted by Crippen LogP contribution is -2.46. The summed E-state index contributed by atoms with van der Waals surface area (Å²) >= 11 is 0. The quantitative estimate of drug-likeness (QED) is 0.900. The van der Waals surface area contributed by atoms with Crippen LogP contribution in [0.1, 0.15) is 49.7 Å². The topological polar surface area (TPSA) is 23.5 Å². The fraction of sp³-hybridized carbons (Fsp3) is 0.647. The van der Waals surface area contributed by atoms with Crippen molar-refractivity contribution in [2.75, 3.05) is 6.54 Å². The second-order valence-corrected chi connectivity index (χ2v) is 6.20. The first-order valence-corrected chi connectivity index (χ1v) is 7.79. The van der Waals surface area contributed by atoms with Gasteiger partial charge in [0.2, 0.25) is 0 Å². The molecule has 0 spiro atoms. The van der Waals surface area contributed by atoms with Crippen molar-refractivity contribution in [1.29, 1.82) is 0 Å². The van der Waals surface area contributed by atoms with Crippen molar-refractivity contribution in [3.8, 4) is 0 Å². The molecule has 0 radical (unpaired) electrons. The van der Waals surface area contributed by atoms with Gasteiger partial charge >= 0.3 is 0 Å². The number of aliphatic hydroxyl groups excluding tert-OH is 1. The Morgan fingerprint density at radius 3 is 2.42 bits per heavy atom. The Hall–Kier alpha value is -0.860. The van der Waals surface area contributed by atoms with Gasteiger partial charge in [-0.15, -0.1) is 0 Å². The second kappa shape index (κ2) is 6.06. The van der Waals surface area contributed by atoms with Crippen molar-refractivity contribution in [2.24, 2.45) is 5.92 Å². The van der Waals surface area contributed by atoms with Crippen LogP contribution in [0.25, 0.3) is 0 Å². The molecule has 2 heteroatoms. The van der Waals surface area contributed by atoms with E-state index in [1.165, 1.54) is 50.6 Å². The average molecular weight is 259 g/mol. The van der Waals surface area contributed by atoms with Crippen molar-refractivity contribution in [1.82, 2.24) is 4.90 Å². The van der Waals surface area contributed by atoms with Crippen molar-refractivity contribution in [3.05, 3.63) is 35.4 Å². The molecule has 1 heterocycles. The maximum atomic E-state index is 9.09. The van der Waals surface area contributed by atoms with Crippen LogP contribution in [0.2, 0.25) is 0 Å². The van der Waals surface area contributed by atoms with Crippen molar-refractivity contribution >= 4 is 0 Å². The summed E-state index contributed by atoms with van der Waals surface area (Å²) in [6.07, 6.45) is 8.53. The number of benzene rings is 1. The molecule has 2 nitrogen and oxygen atoms in total. The van der Waals surface area contributed by atoms with Crippen LogP contribution in [0.4, 0.5) is 0 Å². The molecule has 0 aromatic heterocycles. The lowest BCUT2D eigenvalue weighted by molar-refractivity contribution is 0.0547. The highest BCUT2D eigenvalue weighted by Gasteiger charge is 2.32. The van der Waals surface area contributed by atoms with Crippen molar-refractivity contribution in [2.45, 2.75) is 57.7 Å². The molecule has 1 aliphatic carbocycles. The zero-order chi connectivity index (χ0) is 13.1. The Morgan fingerprint density at radius 2 is 1.63 bits per heavy atom. The van der Waals surface area contributed by atoms with E-state index in [2.05, 4.69) is 29.2 Å². The van der Waals surface area contributed by atoms with E-state index in [1.54, 1.807) is 0 Å². The van der Waals surface area contributed by atoms with Gasteiger partial charge in [-0.2, -0.15) is 0 Å². The minimum absolute atomic E-state index is 0.148. The first-order valence-electron chi connectivity index (χ1n) is 7.79. The predicted molar refractivity (Wildman–Crippen MR) is 77.8 cm³/mol. The number of likely N-dealkylation sites (tertiary alicyclic amines) is 1. The van der Waals surface area contributed by atoms with E-state index < -0.39 is 0 Å². The Kier molecular flexibility index (Phi) is 4.19. The lowest BCUT2D eigenvalue weighted by Gasteiger charge is -2.44. The van der Waals surface area contributed by atoms with Gasteiger partial charge in [0.05, 0.1) is 6.61 Å². The van der Waals surface area contributed by atoms with Crippen LogP contribution in [0.15, 0.2) is 24.3 Å². The zero-order valence-electron chi connectivity index (χ0n) is 11.7. The summed E-state index contributed by atoms with van der Waals surface area (Å²) in [6.45, 7) is 2.50. The highest BCUT2D eigenvalue weighted by Crippen LogP contribution is 2.35. The summed E-state index contributed by atoms with van der Waals surface area (Å²) < 4.78 is 0. The standard InChI is InChI=1S/C17H25NO/c19-13-15-9-7-14(8-10-15)12-18-11-3-5-16-4-1-2-6-17(16)18/h7-10,16-17,19H,1-6,11-13H2. The molecule has 1 N–H and O–H groups in total. The summed E-state index contributed by atoms with van der Waals surface area (Å²) in [5.74, 6) is 0.958. The van der Waals surface area contributed by atoms with Crippen LogP contribution in [-0.2, 0) is 13.2 Å². The molecular weight excluding hydrogens is 234 g/mol. The number of nitrogens with zero attached hydrogens (tertiary/aromatic N) is 1. The van der Waals surface area contributed by atoms with E-state index in [9.17, 15) is 0 Å². The Labute approximate surface area is 116 Å². The second-order valence-electron chi connectivity index (χ2n) is 6.20. The van der Waals surface area contributed by atoms with Gasteiger partial charge in [0.15, 0.2) is 0 Å². The molecule has 1 saturated carbocycles. The minimum atomic E-state index is 0.148. The van der Waals surface area contributed by atoms with Crippen LogP contribution in [0, 0.1) is 5.92 Å². The maximum absolute atomic E-state index is 9.09. The summed E-state index contributed by atoms with van der Waals surface area (Å²) in [6, 6.07) is 9.30. The van der Waals surface area contributed by atoms with E-state index in [0.717, 1.165) is 24.1 Å². The molecule has 104 valence electrons. The van der Waals surface area contributed by atoms with Gasteiger partial charge in [0.1, 0.15) is 0 Å². The Morgan fingerprint density at radius 1 is 0.947 bits per heavy atom. The van der Waals surface area contributed by atoms with E-state index in [-0.39, 0.29) is 6.61 Å². The SMILES string of the molecule is OCc1ccc(CN2CCCC3CCCCC32)cc1.